The van der Waals surface area contributed by atoms with Gasteiger partial charge in [0, 0.05) is 0 Å². The van der Waals surface area contributed by atoms with Gasteiger partial charge in [0.25, 0.3) is 0 Å². The first-order chi connectivity index (χ1) is 7.04. The van der Waals surface area contributed by atoms with Crippen LogP contribution in [0.4, 0.5) is 13.2 Å². The third kappa shape index (κ3) is 6.48. The Bertz CT molecular complexity index is 262. The molecule has 8 heteroatoms. The molecule has 1 unspecified atom stereocenters. The molecule has 0 heterocycles. The van der Waals surface area contributed by atoms with Crippen LogP contribution in [0.25, 0.3) is 0 Å². The first-order valence-electron chi connectivity index (χ1n) is 4.83. The molecule has 0 aliphatic carbocycles. The van der Waals surface area contributed by atoms with Crippen molar-refractivity contribution in [2.45, 2.75) is 51.3 Å². The maximum atomic E-state index is 12.3. The number of phosphoric acid groups is 1. The summed E-state index contributed by atoms with van der Waals surface area (Å²) < 4.78 is 51.4. The van der Waals surface area contributed by atoms with Crippen molar-refractivity contribution in [1.29, 1.82) is 0 Å². The van der Waals surface area contributed by atoms with Gasteiger partial charge in [0.05, 0.1) is 19.8 Å². The Balaban J connectivity index is 4.92. The summed E-state index contributed by atoms with van der Waals surface area (Å²) in [5, 5.41) is 0. The lowest BCUT2D eigenvalue weighted by Crippen LogP contribution is -2.39. The fraction of sp³-hybridized carbons (Fsp3) is 1.00. The molecule has 0 aromatic rings. The van der Waals surface area contributed by atoms with E-state index >= 15 is 0 Å². The molecule has 0 aromatic carbocycles. The van der Waals surface area contributed by atoms with Gasteiger partial charge in [-0.15, -0.1) is 0 Å². The van der Waals surface area contributed by atoms with Gasteiger partial charge in [0.2, 0.25) is 0 Å². The van der Waals surface area contributed by atoms with Crippen LogP contribution in [0.5, 0.6) is 0 Å². The highest BCUT2D eigenvalue weighted by Gasteiger charge is 2.42. The topological polar surface area (TPSA) is 72.4 Å². The van der Waals surface area contributed by atoms with Gasteiger partial charge < -0.3 is 18.9 Å². The van der Waals surface area contributed by atoms with E-state index in [1.54, 1.807) is 6.92 Å². The van der Waals surface area contributed by atoms with Crippen LogP contribution in [0.1, 0.15) is 39.5 Å². The summed E-state index contributed by atoms with van der Waals surface area (Å²) in [6, 6.07) is 0. The molecule has 98 valence electrons. The standard InChI is InChI=1S/C8H16F3O4P/c1-3-5-7(4-2,6-8(9,10)11)15-16(12,13)14/h3-6H2,1-2H3,(H2,12,13,14)/p-2. The van der Waals surface area contributed by atoms with Crippen molar-refractivity contribution in [3.63, 3.8) is 0 Å². The van der Waals surface area contributed by atoms with E-state index in [0.29, 0.717) is 6.42 Å². The highest BCUT2D eigenvalue weighted by Crippen LogP contribution is 2.43. The fourth-order valence-electron chi connectivity index (χ4n) is 1.59. The fourth-order valence-corrected chi connectivity index (χ4v) is 2.35. The molecule has 1 atom stereocenters. The van der Waals surface area contributed by atoms with Crippen LogP contribution in [0.15, 0.2) is 0 Å². The zero-order chi connectivity index (χ0) is 13.0. The minimum atomic E-state index is -5.42. The molecule has 0 spiro atoms. The van der Waals surface area contributed by atoms with Gasteiger partial charge >= 0.3 is 6.18 Å². The molecular weight excluding hydrogens is 248 g/mol. The van der Waals surface area contributed by atoms with E-state index in [1.165, 1.54) is 6.92 Å². The minimum Gasteiger partial charge on any atom is -0.790 e. The number of alkyl halides is 3. The Morgan fingerprint density at radius 3 is 2.00 bits per heavy atom. The molecule has 16 heavy (non-hydrogen) atoms. The summed E-state index contributed by atoms with van der Waals surface area (Å²) in [6.07, 6.45) is -6.02. The van der Waals surface area contributed by atoms with E-state index in [9.17, 15) is 27.5 Å². The molecule has 0 fully saturated rings. The molecule has 0 aliphatic rings. The van der Waals surface area contributed by atoms with Crippen molar-refractivity contribution in [2.75, 3.05) is 0 Å². The summed E-state index contributed by atoms with van der Waals surface area (Å²) in [5.41, 5.74) is -1.95. The van der Waals surface area contributed by atoms with Crippen LogP contribution in [0.3, 0.4) is 0 Å². The lowest BCUT2D eigenvalue weighted by atomic mass is 9.91. The molecule has 0 saturated carbocycles. The van der Waals surface area contributed by atoms with E-state index in [4.69, 9.17) is 0 Å². The first-order valence-corrected chi connectivity index (χ1v) is 6.29. The van der Waals surface area contributed by atoms with E-state index in [2.05, 4.69) is 4.52 Å². The Hall–Kier alpha value is -0.100. The molecule has 0 aromatic heterocycles. The zero-order valence-corrected chi connectivity index (χ0v) is 9.94. The molecule has 0 radical (unpaired) electrons. The van der Waals surface area contributed by atoms with Gasteiger partial charge in [-0.2, -0.15) is 13.2 Å². The van der Waals surface area contributed by atoms with Gasteiger partial charge in [-0.25, -0.2) is 0 Å². The van der Waals surface area contributed by atoms with Crippen molar-refractivity contribution in [3.8, 4) is 0 Å². The molecule has 0 N–H and O–H groups in total. The second-order valence-corrected chi connectivity index (χ2v) is 4.69. The first kappa shape index (κ1) is 15.9. The highest BCUT2D eigenvalue weighted by molar-refractivity contribution is 7.43. The van der Waals surface area contributed by atoms with E-state index in [0.717, 1.165) is 0 Å². The van der Waals surface area contributed by atoms with Gasteiger partial charge in [0.15, 0.2) is 0 Å². The molecule has 0 aliphatic heterocycles. The summed E-state index contributed by atoms with van der Waals surface area (Å²) in [4.78, 5) is 20.9. The molecule has 0 bridgehead atoms. The summed E-state index contributed by atoms with van der Waals surface area (Å²) >= 11 is 0. The Morgan fingerprint density at radius 2 is 1.75 bits per heavy atom. The number of halogens is 3. The Kier molecular flexibility index (Phi) is 5.46. The largest absolute Gasteiger partial charge is 0.790 e. The summed E-state index contributed by atoms with van der Waals surface area (Å²) in [7, 11) is -5.42. The van der Waals surface area contributed by atoms with Crippen LogP contribution in [-0.2, 0) is 9.09 Å². The van der Waals surface area contributed by atoms with Crippen LogP contribution >= 0.6 is 7.82 Å². The van der Waals surface area contributed by atoms with E-state index in [1.807, 2.05) is 0 Å². The van der Waals surface area contributed by atoms with Crippen LogP contribution in [0, 0.1) is 0 Å². The predicted octanol–water partition coefficient (Wildman–Crippen LogP) is 1.73. The Labute approximate surface area is 92.0 Å². The lowest BCUT2D eigenvalue weighted by molar-refractivity contribution is -0.352. The van der Waals surface area contributed by atoms with Crippen LogP contribution < -0.4 is 9.79 Å². The van der Waals surface area contributed by atoms with E-state index in [-0.39, 0.29) is 12.8 Å². The number of hydrogen-bond donors (Lipinski definition) is 0. The number of rotatable bonds is 6. The molecule has 0 amide bonds. The third-order valence-corrected chi connectivity index (χ3v) is 2.79. The quantitative estimate of drug-likeness (QED) is 0.683. The lowest BCUT2D eigenvalue weighted by Gasteiger charge is -2.42. The normalized spacial score (nSPS) is 17.2. The zero-order valence-electron chi connectivity index (χ0n) is 9.04. The molecule has 0 saturated heterocycles. The smallest absolute Gasteiger partial charge is 0.391 e. The molecule has 4 nitrogen and oxygen atoms in total. The van der Waals surface area contributed by atoms with Crippen molar-refractivity contribution in [1.82, 2.24) is 0 Å². The number of hydrogen-bond acceptors (Lipinski definition) is 4. The summed E-state index contributed by atoms with van der Waals surface area (Å²) in [6.45, 7) is 2.95. The SMILES string of the molecule is CCCC(CC)(CC(F)(F)F)OP(=O)([O-])[O-]. The van der Waals surface area contributed by atoms with Crippen molar-refractivity contribution >= 4 is 7.82 Å². The van der Waals surface area contributed by atoms with Crippen LogP contribution in [-0.4, -0.2) is 11.8 Å². The molecule has 0 rings (SSSR count). The maximum absolute atomic E-state index is 12.3. The average molecular weight is 262 g/mol. The van der Waals surface area contributed by atoms with Crippen molar-refractivity contribution < 1.29 is 32.0 Å². The third-order valence-electron chi connectivity index (χ3n) is 2.18. The van der Waals surface area contributed by atoms with Gasteiger partial charge in [-0.1, -0.05) is 20.3 Å². The van der Waals surface area contributed by atoms with Crippen LogP contribution in [0.2, 0.25) is 0 Å². The van der Waals surface area contributed by atoms with Crippen molar-refractivity contribution in [3.05, 3.63) is 0 Å². The van der Waals surface area contributed by atoms with Crippen molar-refractivity contribution in [2.24, 2.45) is 0 Å². The second-order valence-electron chi connectivity index (χ2n) is 3.62. The highest BCUT2D eigenvalue weighted by atomic mass is 31.2. The van der Waals surface area contributed by atoms with E-state index < -0.39 is 26.0 Å². The Morgan fingerprint density at radius 1 is 1.25 bits per heavy atom. The summed E-state index contributed by atoms with van der Waals surface area (Å²) in [5.74, 6) is 0. The monoisotopic (exact) mass is 262 g/mol. The number of phosphoric ester groups is 1. The average Bonchev–Trinajstić information content (AvgIpc) is 1.98. The predicted molar refractivity (Wildman–Crippen MR) is 47.3 cm³/mol. The minimum absolute atomic E-state index is 0.128. The van der Waals surface area contributed by atoms with Gasteiger partial charge in [-0.05, 0) is 12.8 Å². The maximum Gasteiger partial charge on any atom is 0.391 e. The molecular formula is C8H14F3O4P-2. The van der Waals surface area contributed by atoms with Gasteiger partial charge in [-0.3, -0.25) is 0 Å². The second kappa shape index (κ2) is 5.49. The van der Waals surface area contributed by atoms with Gasteiger partial charge in [0.1, 0.15) is 0 Å².